The molecule has 0 radical (unpaired) electrons. The van der Waals surface area contributed by atoms with E-state index in [0.717, 1.165) is 36.8 Å². The minimum absolute atomic E-state index is 0.00512. The fraction of sp³-hybridized carbons (Fsp3) is 0.467. The van der Waals surface area contributed by atoms with Gasteiger partial charge in [0.1, 0.15) is 17.3 Å². The first-order valence-electron chi connectivity index (χ1n) is 7.55. The SMILES string of the molecule is CCc1cc(C(=O)N2CCN(c3ccnc(C)n3)CC2)n[nH]1. The Kier molecular flexibility index (Phi) is 4.04. The van der Waals surface area contributed by atoms with Crippen molar-refractivity contribution in [1.29, 1.82) is 0 Å². The third kappa shape index (κ3) is 2.93. The smallest absolute Gasteiger partial charge is 0.274 e. The van der Waals surface area contributed by atoms with Gasteiger partial charge in [0.25, 0.3) is 5.91 Å². The lowest BCUT2D eigenvalue weighted by Gasteiger charge is -2.35. The summed E-state index contributed by atoms with van der Waals surface area (Å²) in [5, 5.41) is 6.99. The molecule has 0 saturated carbocycles. The Labute approximate surface area is 129 Å². The standard InChI is InChI=1S/C15H20N6O/c1-3-12-10-13(19-18-12)15(22)21-8-6-20(7-9-21)14-4-5-16-11(2)17-14/h4-5,10H,3,6-9H2,1-2H3,(H,18,19). The molecule has 7 nitrogen and oxygen atoms in total. The molecule has 0 aromatic carbocycles. The van der Waals surface area contributed by atoms with E-state index in [1.807, 2.05) is 30.9 Å². The van der Waals surface area contributed by atoms with Gasteiger partial charge in [0, 0.05) is 38.1 Å². The van der Waals surface area contributed by atoms with Gasteiger partial charge in [-0.05, 0) is 25.5 Å². The zero-order valence-corrected chi connectivity index (χ0v) is 12.9. The van der Waals surface area contributed by atoms with Crippen LogP contribution >= 0.6 is 0 Å². The molecule has 1 saturated heterocycles. The topological polar surface area (TPSA) is 78.0 Å². The largest absolute Gasteiger partial charge is 0.353 e. The van der Waals surface area contributed by atoms with Gasteiger partial charge >= 0.3 is 0 Å². The van der Waals surface area contributed by atoms with Gasteiger partial charge in [0.15, 0.2) is 0 Å². The number of hydrogen-bond donors (Lipinski definition) is 1. The summed E-state index contributed by atoms with van der Waals surface area (Å²) >= 11 is 0. The highest BCUT2D eigenvalue weighted by Crippen LogP contribution is 2.14. The second-order valence-electron chi connectivity index (χ2n) is 5.37. The third-order valence-electron chi connectivity index (χ3n) is 3.88. The maximum Gasteiger partial charge on any atom is 0.274 e. The molecule has 0 bridgehead atoms. The lowest BCUT2D eigenvalue weighted by molar-refractivity contribution is 0.0740. The summed E-state index contributed by atoms with van der Waals surface area (Å²) < 4.78 is 0. The van der Waals surface area contributed by atoms with Crippen LogP contribution in [0.5, 0.6) is 0 Å². The Morgan fingerprint density at radius 1 is 1.32 bits per heavy atom. The van der Waals surface area contributed by atoms with Crippen molar-refractivity contribution in [3.05, 3.63) is 35.5 Å². The van der Waals surface area contributed by atoms with Crippen LogP contribution in [0.2, 0.25) is 0 Å². The first-order valence-corrected chi connectivity index (χ1v) is 7.55. The average molecular weight is 300 g/mol. The van der Waals surface area contributed by atoms with Gasteiger partial charge in [-0.25, -0.2) is 9.97 Å². The van der Waals surface area contributed by atoms with Crippen molar-refractivity contribution >= 4 is 11.7 Å². The molecule has 116 valence electrons. The van der Waals surface area contributed by atoms with E-state index in [-0.39, 0.29) is 5.91 Å². The molecule has 1 aliphatic rings. The molecule has 0 unspecified atom stereocenters. The maximum atomic E-state index is 12.4. The molecule has 1 aliphatic heterocycles. The normalized spacial score (nSPS) is 15.2. The minimum Gasteiger partial charge on any atom is -0.353 e. The van der Waals surface area contributed by atoms with E-state index in [9.17, 15) is 4.79 Å². The van der Waals surface area contributed by atoms with E-state index in [0.29, 0.717) is 18.8 Å². The number of amides is 1. The number of carbonyl (C=O) groups excluding carboxylic acids is 1. The van der Waals surface area contributed by atoms with E-state index >= 15 is 0 Å². The average Bonchev–Trinajstić information content (AvgIpc) is 3.03. The number of rotatable bonds is 3. The second-order valence-corrected chi connectivity index (χ2v) is 5.37. The van der Waals surface area contributed by atoms with Crippen molar-refractivity contribution in [1.82, 2.24) is 25.1 Å². The van der Waals surface area contributed by atoms with E-state index in [1.54, 1.807) is 6.20 Å². The van der Waals surface area contributed by atoms with Crippen molar-refractivity contribution in [2.75, 3.05) is 31.1 Å². The molecule has 0 spiro atoms. The van der Waals surface area contributed by atoms with Crippen LogP contribution in [-0.2, 0) is 6.42 Å². The molecule has 2 aromatic heterocycles. The monoisotopic (exact) mass is 300 g/mol. The number of anilines is 1. The van der Waals surface area contributed by atoms with E-state index < -0.39 is 0 Å². The molecule has 0 aliphatic carbocycles. The first kappa shape index (κ1) is 14.5. The number of nitrogens with zero attached hydrogens (tertiary/aromatic N) is 5. The minimum atomic E-state index is -0.00512. The molecule has 3 heterocycles. The number of H-pyrrole nitrogens is 1. The Balaban J connectivity index is 1.62. The number of carbonyl (C=O) groups is 1. The van der Waals surface area contributed by atoms with Crippen molar-refractivity contribution in [2.24, 2.45) is 0 Å². The van der Waals surface area contributed by atoms with Crippen LogP contribution in [0.25, 0.3) is 0 Å². The van der Waals surface area contributed by atoms with Gasteiger partial charge in [0.2, 0.25) is 0 Å². The van der Waals surface area contributed by atoms with Crippen molar-refractivity contribution in [3.8, 4) is 0 Å². The fourth-order valence-electron chi connectivity index (χ4n) is 2.57. The number of nitrogens with one attached hydrogen (secondary N) is 1. The molecule has 1 N–H and O–H groups in total. The fourth-order valence-corrected chi connectivity index (χ4v) is 2.57. The molecule has 2 aromatic rings. The third-order valence-corrected chi connectivity index (χ3v) is 3.88. The first-order chi connectivity index (χ1) is 10.7. The summed E-state index contributed by atoms with van der Waals surface area (Å²) in [7, 11) is 0. The molecular formula is C15H20N6O. The van der Waals surface area contributed by atoms with Crippen LogP contribution in [-0.4, -0.2) is 57.2 Å². The molecule has 1 fully saturated rings. The zero-order valence-electron chi connectivity index (χ0n) is 12.9. The predicted octanol–water partition coefficient (Wildman–Crippen LogP) is 1.03. The quantitative estimate of drug-likeness (QED) is 0.916. The van der Waals surface area contributed by atoms with Crippen LogP contribution in [0, 0.1) is 6.92 Å². The van der Waals surface area contributed by atoms with Crippen LogP contribution in [0.4, 0.5) is 5.82 Å². The predicted molar refractivity (Wildman–Crippen MR) is 82.9 cm³/mol. The van der Waals surface area contributed by atoms with Gasteiger partial charge in [0.05, 0.1) is 0 Å². The van der Waals surface area contributed by atoms with Gasteiger partial charge in [-0.2, -0.15) is 5.10 Å². The molecule has 3 rings (SSSR count). The summed E-state index contributed by atoms with van der Waals surface area (Å²) in [4.78, 5) is 25.0. The number of piperazine rings is 1. The lowest BCUT2D eigenvalue weighted by Crippen LogP contribution is -2.49. The summed E-state index contributed by atoms with van der Waals surface area (Å²) in [5.74, 6) is 1.68. The van der Waals surface area contributed by atoms with Gasteiger partial charge in [-0.1, -0.05) is 6.92 Å². The Bertz CT molecular complexity index is 660. The van der Waals surface area contributed by atoms with Crippen molar-refractivity contribution in [2.45, 2.75) is 20.3 Å². The van der Waals surface area contributed by atoms with E-state index in [1.165, 1.54) is 0 Å². The van der Waals surface area contributed by atoms with Crippen LogP contribution in [0.1, 0.15) is 28.9 Å². The van der Waals surface area contributed by atoms with Gasteiger partial charge in [-0.15, -0.1) is 0 Å². The highest BCUT2D eigenvalue weighted by molar-refractivity contribution is 5.92. The molecule has 0 atom stereocenters. The Hall–Kier alpha value is -2.44. The van der Waals surface area contributed by atoms with Crippen LogP contribution in [0.15, 0.2) is 18.3 Å². The zero-order chi connectivity index (χ0) is 15.5. The Morgan fingerprint density at radius 2 is 2.09 bits per heavy atom. The number of hydrogen-bond acceptors (Lipinski definition) is 5. The number of aromatic nitrogens is 4. The number of aryl methyl sites for hydroxylation is 2. The highest BCUT2D eigenvalue weighted by atomic mass is 16.2. The molecular weight excluding hydrogens is 280 g/mol. The molecule has 22 heavy (non-hydrogen) atoms. The van der Waals surface area contributed by atoms with Gasteiger partial charge in [-0.3, -0.25) is 9.89 Å². The highest BCUT2D eigenvalue weighted by Gasteiger charge is 2.24. The second kappa shape index (κ2) is 6.13. The van der Waals surface area contributed by atoms with E-state index in [4.69, 9.17) is 0 Å². The van der Waals surface area contributed by atoms with Gasteiger partial charge < -0.3 is 9.80 Å². The summed E-state index contributed by atoms with van der Waals surface area (Å²) in [6.07, 6.45) is 2.62. The Morgan fingerprint density at radius 3 is 2.73 bits per heavy atom. The van der Waals surface area contributed by atoms with Crippen LogP contribution in [0.3, 0.4) is 0 Å². The summed E-state index contributed by atoms with van der Waals surface area (Å²) in [6, 6.07) is 3.74. The van der Waals surface area contributed by atoms with E-state index in [2.05, 4.69) is 25.1 Å². The van der Waals surface area contributed by atoms with Crippen molar-refractivity contribution < 1.29 is 4.79 Å². The molecule has 7 heteroatoms. The number of aromatic amines is 1. The molecule has 1 amide bonds. The summed E-state index contributed by atoms with van der Waals surface area (Å²) in [5.41, 5.74) is 1.49. The maximum absolute atomic E-state index is 12.4. The van der Waals surface area contributed by atoms with Crippen molar-refractivity contribution in [3.63, 3.8) is 0 Å². The lowest BCUT2D eigenvalue weighted by atomic mass is 10.2. The summed E-state index contributed by atoms with van der Waals surface area (Å²) in [6.45, 7) is 6.81. The van der Waals surface area contributed by atoms with Crippen LogP contribution < -0.4 is 4.90 Å².